The molecule has 2 rings (SSSR count). The van der Waals surface area contributed by atoms with Crippen molar-refractivity contribution >= 4 is 27.3 Å². The summed E-state index contributed by atoms with van der Waals surface area (Å²) in [5.74, 6) is -1.09. The standard InChI is InChI=1S/C11H14N4O4S2/c1-8-13-9(7-20-8)4-14(2)21(18,19)10-3-12-15(5-10)6-11(16)17/h3,5,7H,4,6H2,1-2H3,(H,16,17). The second-order valence-electron chi connectivity index (χ2n) is 4.39. The SMILES string of the molecule is Cc1nc(CN(C)S(=O)(=O)c2cnn(CC(=O)O)c2)cs1. The maximum Gasteiger partial charge on any atom is 0.325 e. The van der Waals surface area contributed by atoms with Crippen LogP contribution in [0.25, 0.3) is 0 Å². The number of aromatic nitrogens is 3. The Kier molecular flexibility index (Phi) is 4.40. The van der Waals surface area contributed by atoms with E-state index in [1.807, 2.05) is 6.92 Å². The lowest BCUT2D eigenvalue weighted by molar-refractivity contribution is -0.137. The number of carbonyl (C=O) groups is 1. The summed E-state index contributed by atoms with van der Waals surface area (Å²) in [6, 6.07) is 0. The van der Waals surface area contributed by atoms with Crippen LogP contribution in [0.5, 0.6) is 0 Å². The minimum Gasteiger partial charge on any atom is -0.480 e. The third-order valence-corrected chi connectivity index (χ3v) is 5.24. The minimum absolute atomic E-state index is 0.0433. The smallest absolute Gasteiger partial charge is 0.325 e. The van der Waals surface area contributed by atoms with Crippen molar-refractivity contribution in [2.24, 2.45) is 0 Å². The Morgan fingerprint density at radius 3 is 2.81 bits per heavy atom. The largest absolute Gasteiger partial charge is 0.480 e. The van der Waals surface area contributed by atoms with Crippen LogP contribution >= 0.6 is 11.3 Å². The van der Waals surface area contributed by atoms with Gasteiger partial charge in [-0.15, -0.1) is 11.3 Å². The molecule has 0 amide bonds. The van der Waals surface area contributed by atoms with Crippen molar-refractivity contribution in [3.05, 3.63) is 28.5 Å². The van der Waals surface area contributed by atoms with Crippen LogP contribution < -0.4 is 0 Å². The van der Waals surface area contributed by atoms with Gasteiger partial charge in [0, 0.05) is 18.6 Å². The predicted molar refractivity (Wildman–Crippen MR) is 75.4 cm³/mol. The van der Waals surface area contributed by atoms with Gasteiger partial charge in [-0.1, -0.05) is 0 Å². The van der Waals surface area contributed by atoms with Crippen LogP contribution in [0.3, 0.4) is 0 Å². The Bertz CT molecular complexity index is 750. The summed E-state index contributed by atoms with van der Waals surface area (Å²) in [5.41, 5.74) is 0.668. The Morgan fingerprint density at radius 2 is 2.24 bits per heavy atom. The average Bonchev–Trinajstić information content (AvgIpc) is 2.98. The number of carboxylic acid groups (broad SMARTS) is 1. The Labute approximate surface area is 125 Å². The van der Waals surface area contributed by atoms with Crippen molar-refractivity contribution in [2.45, 2.75) is 24.9 Å². The lowest BCUT2D eigenvalue weighted by Crippen LogP contribution is -2.26. The quantitative estimate of drug-likeness (QED) is 0.829. The van der Waals surface area contributed by atoms with Crippen molar-refractivity contribution in [3.63, 3.8) is 0 Å². The molecule has 2 aromatic heterocycles. The first-order valence-corrected chi connectivity index (χ1v) is 8.22. The molecule has 0 spiro atoms. The van der Waals surface area contributed by atoms with Crippen LogP contribution in [0.15, 0.2) is 22.7 Å². The molecule has 0 aromatic carbocycles. The molecule has 21 heavy (non-hydrogen) atoms. The maximum atomic E-state index is 12.3. The molecule has 0 aliphatic heterocycles. The van der Waals surface area contributed by atoms with Crippen LogP contribution in [-0.4, -0.2) is 45.6 Å². The molecule has 114 valence electrons. The van der Waals surface area contributed by atoms with Gasteiger partial charge in [-0.05, 0) is 6.92 Å². The first kappa shape index (κ1) is 15.6. The van der Waals surface area contributed by atoms with Crippen molar-refractivity contribution in [1.29, 1.82) is 0 Å². The fraction of sp³-hybridized carbons (Fsp3) is 0.364. The predicted octanol–water partition coefficient (Wildman–Crippen LogP) is 0.553. The van der Waals surface area contributed by atoms with Gasteiger partial charge < -0.3 is 5.11 Å². The van der Waals surface area contributed by atoms with Gasteiger partial charge in [-0.2, -0.15) is 9.40 Å². The Morgan fingerprint density at radius 1 is 1.52 bits per heavy atom. The molecule has 2 heterocycles. The van der Waals surface area contributed by atoms with Crippen LogP contribution in [0.1, 0.15) is 10.7 Å². The minimum atomic E-state index is -3.72. The molecule has 1 N–H and O–H groups in total. The van der Waals surface area contributed by atoms with Gasteiger partial charge in [0.15, 0.2) is 0 Å². The number of nitrogens with zero attached hydrogens (tertiary/aromatic N) is 4. The monoisotopic (exact) mass is 330 g/mol. The Balaban J connectivity index is 2.16. The lowest BCUT2D eigenvalue weighted by Gasteiger charge is -2.14. The number of thiazole rings is 1. The van der Waals surface area contributed by atoms with E-state index < -0.39 is 16.0 Å². The number of hydrogen-bond donors (Lipinski definition) is 1. The zero-order valence-electron chi connectivity index (χ0n) is 11.4. The van der Waals surface area contributed by atoms with Gasteiger partial charge in [0.25, 0.3) is 0 Å². The first-order chi connectivity index (χ1) is 9.79. The maximum absolute atomic E-state index is 12.3. The van der Waals surface area contributed by atoms with E-state index in [1.165, 1.54) is 24.6 Å². The van der Waals surface area contributed by atoms with Gasteiger partial charge in [0.1, 0.15) is 11.4 Å². The van der Waals surface area contributed by atoms with E-state index >= 15 is 0 Å². The summed E-state index contributed by atoms with van der Waals surface area (Å²) < 4.78 is 26.9. The van der Waals surface area contributed by atoms with E-state index in [0.717, 1.165) is 20.2 Å². The molecule has 8 nitrogen and oxygen atoms in total. The van der Waals surface area contributed by atoms with Crippen LogP contribution in [0.4, 0.5) is 0 Å². The average molecular weight is 330 g/mol. The third-order valence-electron chi connectivity index (χ3n) is 2.67. The summed E-state index contributed by atoms with van der Waals surface area (Å²) in [6.45, 7) is 1.61. The molecular formula is C11H14N4O4S2. The normalized spacial score (nSPS) is 12.0. The number of aryl methyl sites for hydroxylation is 1. The number of carboxylic acids is 1. The van der Waals surface area contributed by atoms with Crippen LogP contribution in [-0.2, 0) is 27.9 Å². The van der Waals surface area contributed by atoms with Gasteiger partial charge in [0.05, 0.1) is 23.4 Å². The van der Waals surface area contributed by atoms with E-state index in [0.29, 0.717) is 5.69 Å². The van der Waals surface area contributed by atoms with Gasteiger partial charge in [-0.25, -0.2) is 13.4 Å². The van der Waals surface area contributed by atoms with Crippen LogP contribution in [0, 0.1) is 6.92 Å². The summed E-state index contributed by atoms with van der Waals surface area (Å²) in [6.07, 6.45) is 2.34. The summed E-state index contributed by atoms with van der Waals surface area (Å²) in [7, 11) is -2.28. The Hall–Kier alpha value is -1.78. The highest BCUT2D eigenvalue weighted by atomic mass is 32.2. The molecule has 0 fully saturated rings. The molecule has 0 aliphatic rings. The van der Waals surface area contributed by atoms with E-state index in [9.17, 15) is 13.2 Å². The van der Waals surface area contributed by atoms with E-state index in [2.05, 4.69) is 10.1 Å². The molecule has 10 heteroatoms. The molecule has 0 aliphatic carbocycles. The van der Waals surface area contributed by atoms with Crippen LogP contribution in [0.2, 0.25) is 0 Å². The second-order valence-corrected chi connectivity index (χ2v) is 7.49. The highest BCUT2D eigenvalue weighted by Gasteiger charge is 2.23. The number of sulfonamides is 1. The van der Waals surface area contributed by atoms with E-state index in [1.54, 1.807) is 5.38 Å². The second kappa shape index (κ2) is 5.92. The number of hydrogen-bond acceptors (Lipinski definition) is 6. The lowest BCUT2D eigenvalue weighted by atomic mass is 10.5. The topological polar surface area (TPSA) is 105 Å². The summed E-state index contributed by atoms with van der Waals surface area (Å²) in [4.78, 5) is 14.8. The highest BCUT2D eigenvalue weighted by molar-refractivity contribution is 7.89. The molecule has 0 bridgehead atoms. The molecule has 0 saturated carbocycles. The first-order valence-electron chi connectivity index (χ1n) is 5.90. The van der Waals surface area contributed by atoms with Crippen molar-refractivity contribution in [2.75, 3.05) is 7.05 Å². The van der Waals surface area contributed by atoms with Crippen molar-refractivity contribution in [1.82, 2.24) is 19.1 Å². The molecule has 2 aromatic rings. The molecule has 0 saturated heterocycles. The van der Waals surface area contributed by atoms with Gasteiger partial charge >= 0.3 is 5.97 Å². The summed E-state index contributed by atoms with van der Waals surface area (Å²) >= 11 is 1.45. The molecule has 0 radical (unpaired) electrons. The molecule has 0 atom stereocenters. The van der Waals surface area contributed by atoms with E-state index in [4.69, 9.17) is 5.11 Å². The number of rotatable bonds is 6. The van der Waals surface area contributed by atoms with Gasteiger partial charge in [-0.3, -0.25) is 9.48 Å². The summed E-state index contributed by atoms with van der Waals surface area (Å²) in [5, 5.41) is 15.1. The molecule has 0 unspecified atom stereocenters. The van der Waals surface area contributed by atoms with Gasteiger partial charge in [0.2, 0.25) is 10.0 Å². The van der Waals surface area contributed by atoms with E-state index in [-0.39, 0.29) is 18.0 Å². The number of aliphatic carboxylic acids is 1. The highest BCUT2D eigenvalue weighted by Crippen LogP contribution is 2.17. The zero-order valence-corrected chi connectivity index (χ0v) is 13.1. The molecular weight excluding hydrogens is 316 g/mol. The third kappa shape index (κ3) is 3.65. The van der Waals surface area contributed by atoms with Crippen molar-refractivity contribution < 1.29 is 18.3 Å². The fourth-order valence-electron chi connectivity index (χ4n) is 1.68. The fourth-order valence-corrected chi connectivity index (χ4v) is 3.38. The van der Waals surface area contributed by atoms with Crippen molar-refractivity contribution in [3.8, 4) is 0 Å². The zero-order chi connectivity index (χ0) is 15.6.